The van der Waals surface area contributed by atoms with E-state index in [4.69, 9.17) is 11.6 Å². The molecule has 2 fully saturated rings. The number of fused-ring (bicyclic) bond motifs is 4. The fourth-order valence-electron chi connectivity index (χ4n) is 8.98. The molecule has 4 aliphatic rings. The molecule has 242 valence electrons. The van der Waals surface area contributed by atoms with E-state index in [9.17, 15) is 19.5 Å². The lowest BCUT2D eigenvalue weighted by molar-refractivity contribution is -0.135. The molecule has 1 heterocycles. The Labute approximate surface area is 289 Å². The minimum atomic E-state index is -1.39. The summed E-state index contributed by atoms with van der Waals surface area (Å²) in [6.45, 7) is 3.80. The number of imide groups is 1. The van der Waals surface area contributed by atoms with Crippen molar-refractivity contribution in [3.05, 3.63) is 155 Å². The van der Waals surface area contributed by atoms with Crippen molar-refractivity contribution in [2.24, 2.45) is 23.7 Å². The quantitative estimate of drug-likeness (QED) is 0.174. The van der Waals surface area contributed by atoms with Crippen molar-refractivity contribution in [1.29, 1.82) is 0 Å². The smallest absolute Gasteiger partial charge is 0.238 e. The average Bonchev–Trinajstić information content (AvgIpc) is 3.38. The van der Waals surface area contributed by atoms with Gasteiger partial charge in [0.1, 0.15) is 5.75 Å². The number of hydrogen-bond acceptors (Lipinski definition) is 5. The minimum Gasteiger partial charge on any atom is -0.508 e. The van der Waals surface area contributed by atoms with Gasteiger partial charge in [-0.2, -0.15) is 0 Å². The van der Waals surface area contributed by atoms with E-state index in [1.165, 1.54) is 23.1 Å². The highest BCUT2D eigenvalue weighted by molar-refractivity contribution is 6.33. The van der Waals surface area contributed by atoms with E-state index in [-0.39, 0.29) is 40.6 Å². The van der Waals surface area contributed by atoms with Gasteiger partial charge in [0.2, 0.25) is 11.8 Å². The molecule has 8 rings (SSSR count). The fourth-order valence-corrected chi connectivity index (χ4v) is 9.27. The molecule has 0 spiro atoms. The maximum Gasteiger partial charge on any atom is 0.238 e. The zero-order valence-electron chi connectivity index (χ0n) is 26.5. The second-order valence-corrected chi connectivity index (χ2v) is 13.7. The van der Waals surface area contributed by atoms with Crippen LogP contribution in [0.15, 0.2) is 127 Å². The lowest BCUT2D eigenvalue weighted by Gasteiger charge is -2.55. The highest BCUT2D eigenvalue weighted by atomic mass is 35.5. The number of Topliss-reactive ketones (excluding diaryl/α,β-unsaturated/α-hetero) is 1. The second-order valence-electron chi connectivity index (χ2n) is 13.3. The Bertz CT molecular complexity index is 2120. The Morgan fingerprint density at radius 1 is 0.837 bits per heavy atom. The summed E-state index contributed by atoms with van der Waals surface area (Å²) in [7, 11) is 0. The van der Waals surface area contributed by atoms with Gasteiger partial charge in [0, 0.05) is 22.4 Å². The largest absolute Gasteiger partial charge is 0.508 e. The van der Waals surface area contributed by atoms with Gasteiger partial charge in [0.05, 0.1) is 22.9 Å². The molecule has 0 bridgehead atoms. The molecular formula is C42H32ClNO5. The summed E-state index contributed by atoms with van der Waals surface area (Å²) in [5.74, 6) is -4.51. The molecule has 4 aromatic rings. The Morgan fingerprint density at radius 3 is 2.20 bits per heavy atom. The minimum absolute atomic E-state index is 0.0314. The monoisotopic (exact) mass is 665 g/mol. The molecule has 6 unspecified atom stereocenters. The molecule has 0 radical (unpaired) electrons. The number of anilines is 1. The number of phenolic OH excluding ortho intramolecular Hbond substituents is 1. The van der Waals surface area contributed by atoms with Crippen molar-refractivity contribution < 1.29 is 24.3 Å². The molecule has 6 nitrogen and oxygen atoms in total. The van der Waals surface area contributed by atoms with Crippen molar-refractivity contribution >= 4 is 52.3 Å². The van der Waals surface area contributed by atoms with Crippen LogP contribution < -0.4 is 4.90 Å². The number of hydrogen-bond donors (Lipinski definition) is 1. The third-order valence-corrected chi connectivity index (χ3v) is 11.4. The number of carbonyl (C=O) groups is 4. The molecule has 6 atom stereocenters. The maximum absolute atomic E-state index is 15.1. The molecule has 7 heteroatoms. The van der Waals surface area contributed by atoms with Gasteiger partial charge in [-0.15, -0.1) is 0 Å². The van der Waals surface area contributed by atoms with Crippen LogP contribution in [0, 0.1) is 23.7 Å². The number of aromatic hydroxyl groups is 1. The second kappa shape index (κ2) is 11.7. The number of halogens is 1. The van der Waals surface area contributed by atoms with Gasteiger partial charge in [-0.1, -0.05) is 115 Å². The number of carbonyl (C=O) groups excluding carboxylic acids is 4. The number of allylic oxidation sites excluding steroid dienone is 4. The summed E-state index contributed by atoms with van der Waals surface area (Å²) in [5, 5.41) is 10.6. The SMILES string of the molecule is C=Cc1ccc(N2C(=O)C3CC=C4C(CC5C(=O)C(c6ccccc6)=CC(=O)C5(c5ccccc5)C4c4ccc(O)cc4Cl)C3C2=O)cc1. The molecule has 1 aliphatic heterocycles. The molecule has 4 aromatic carbocycles. The Kier molecular flexibility index (Phi) is 7.38. The van der Waals surface area contributed by atoms with Gasteiger partial charge >= 0.3 is 0 Å². The van der Waals surface area contributed by atoms with Crippen LogP contribution in [-0.2, 0) is 24.6 Å². The van der Waals surface area contributed by atoms with E-state index in [0.717, 1.165) is 11.1 Å². The van der Waals surface area contributed by atoms with Gasteiger partial charge in [-0.3, -0.25) is 24.1 Å². The summed E-state index contributed by atoms with van der Waals surface area (Å²) in [6, 6.07) is 30.3. The first-order valence-electron chi connectivity index (χ1n) is 16.5. The van der Waals surface area contributed by atoms with E-state index in [2.05, 4.69) is 6.58 Å². The van der Waals surface area contributed by atoms with E-state index in [1.807, 2.05) is 78.9 Å². The lowest BCUT2D eigenvalue weighted by Crippen LogP contribution is -2.58. The van der Waals surface area contributed by atoms with Crippen LogP contribution in [0.25, 0.3) is 11.6 Å². The zero-order chi connectivity index (χ0) is 34.0. The Balaban J connectivity index is 1.35. The lowest BCUT2D eigenvalue weighted by atomic mass is 9.44. The summed E-state index contributed by atoms with van der Waals surface area (Å²) in [6.07, 6.45) is 5.68. The van der Waals surface area contributed by atoms with Crippen molar-refractivity contribution in [3.8, 4) is 5.75 Å². The average molecular weight is 666 g/mol. The molecule has 1 N–H and O–H groups in total. The zero-order valence-corrected chi connectivity index (χ0v) is 27.2. The van der Waals surface area contributed by atoms with Crippen LogP contribution in [0.1, 0.15) is 41.0 Å². The van der Waals surface area contributed by atoms with Crippen molar-refractivity contribution in [2.45, 2.75) is 24.2 Å². The molecular weight excluding hydrogens is 634 g/mol. The first-order valence-corrected chi connectivity index (χ1v) is 16.8. The molecule has 0 aromatic heterocycles. The van der Waals surface area contributed by atoms with E-state index < -0.39 is 35.0 Å². The van der Waals surface area contributed by atoms with E-state index in [0.29, 0.717) is 34.4 Å². The van der Waals surface area contributed by atoms with Crippen molar-refractivity contribution in [1.82, 2.24) is 0 Å². The first kappa shape index (κ1) is 31.0. The van der Waals surface area contributed by atoms with Gasteiger partial charge in [0.15, 0.2) is 11.6 Å². The topological polar surface area (TPSA) is 91.8 Å². The number of ketones is 2. The number of rotatable bonds is 5. The number of amides is 2. The Hall–Kier alpha value is -5.33. The van der Waals surface area contributed by atoms with Crippen molar-refractivity contribution in [2.75, 3.05) is 4.90 Å². The summed E-state index contributed by atoms with van der Waals surface area (Å²) in [5.41, 5.74) is 3.01. The third-order valence-electron chi connectivity index (χ3n) is 11.1. The number of phenols is 1. The van der Waals surface area contributed by atoms with Gasteiger partial charge in [0.25, 0.3) is 0 Å². The highest BCUT2D eigenvalue weighted by Gasteiger charge is 2.66. The standard InChI is InChI=1S/C42H32ClNO5/c1-2-24-13-15-27(16-14-24)44-40(48)31-20-19-29-33(37(31)41(44)49)22-34-39(47)32(25-9-5-3-6-10-25)23-36(46)42(34,26-11-7-4-8-12-26)38(29)30-18-17-28(45)21-35(30)43/h2-19,21,23,31,33-34,37-38,45H,1,20,22H2. The van der Waals surface area contributed by atoms with Crippen LogP contribution in [-0.4, -0.2) is 28.5 Å². The normalized spacial score (nSPS) is 27.5. The van der Waals surface area contributed by atoms with Crippen LogP contribution in [0.3, 0.4) is 0 Å². The van der Waals surface area contributed by atoms with Gasteiger partial charge in [-0.25, -0.2) is 0 Å². The molecule has 2 amide bonds. The van der Waals surface area contributed by atoms with Gasteiger partial charge in [-0.05, 0) is 71.4 Å². The van der Waals surface area contributed by atoms with Crippen molar-refractivity contribution in [3.63, 3.8) is 0 Å². The number of benzene rings is 4. The molecule has 49 heavy (non-hydrogen) atoms. The molecule has 3 aliphatic carbocycles. The number of nitrogens with zero attached hydrogens (tertiary/aromatic N) is 1. The third kappa shape index (κ3) is 4.54. The highest BCUT2D eigenvalue weighted by Crippen LogP contribution is 2.64. The van der Waals surface area contributed by atoms with Crippen LogP contribution in [0.2, 0.25) is 5.02 Å². The summed E-state index contributed by atoms with van der Waals surface area (Å²) < 4.78 is 0. The van der Waals surface area contributed by atoms with Crippen LogP contribution in [0.4, 0.5) is 5.69 Å². The van der Waals surface area contributed by atoms with Crippen LogP contribution >= 0.6 is 11.6 Å². The van der Waals surface area contributed by atoms with E-state index >= 15 is 4.79 Å². The molecule has 1 saturated carbocycles. The van der Waals surface area contributed by atoms with Gasteiger partial charge < -0.3 is 5.11 Å². The predicted octanol–water partition coefficient (Wildman–Crippen LogP) is 7.72. The molecule has 1 saturated heterocycles. The summed E-state index contributed by atoms with van der Waals surface area (Å²) in [4.78, 5) is 59.8. The predicted molar refractivity (Wildman–Crippen MR) is 189 cm³/mol. The van der Waals surface area contributed by atoms with Crippen LogP contribution in [0.5, 0.6) is 5.75 Å². The summed E-state index contributed by atoms with van der Waals surface area (Å²) >= 11 is 6.94. The Morgan fingerprint density at radius 2 is 1.53 bits per heavy atom. The maximum atomic E-state index is 15.1. The fraction of sp³-hybridized carbons (Fsp3) is 0.190. The first-order chi connectivity index (χ1) is 23.7. The van der Waals surface area contributed by atoms with E-state index in [1.54, 1.807) is 24.3 Å².